The first kappa shape index (κ1) is 21.5. The molecule has 0 amide bonds. The first-order valence-corrected chi connectivity index (χ1v) is 13.7. The summed E-state index contributed by atoms with van der Waals surface area (Å²) >= 11 is 0. The zero-order valence-corrected chi connectivity index (χ0v) is 19.7. The van der Waals surface area contributed by atoms with Gasteiger partial charge in [-0.15, -0.1) is 0 Å². The van der Waals surface area contributed by atoms with Crippen molar-refractivity contribution in [2.75, 3.05) is 55.0 Å². The molecule has 3 heterocycles. The number of benzene rings is 2. The Labute approximate surface area is 193 Å². The third kappa shape index (κ3) is 4.72. The number of piperazine rings is 1. The molecular formula is C24H28N7OP. The topological polar surface area (TPSA) is 98.0 Å². The summed E-state index contributed by atoms with van der Waals surface area (Å²) in [6.45, 7) is 7.59. The van der Waals surface area contributed by atoms with Crippen molar-refractivity contribution < 1.29 is 4.57 Å². The van der Waals surface area contributed by atoms with Crippen molar-refractivity contribution in [2.24, 2.45) is 0 Å². The maximum atomic E-state index is 12.8. The van der Waals surface area contributed by atoms with Crippen LogP contribution in [0.25, 0.3) is 11.0 Å². The molecule has 0 spiro atoms. The van der Waals surface area contributed by atoms with Gasteiger partial charge in [-0.25, -0.2) is 0 Å². The fourth-order valence-corrected chi connectivity index (χ4v) is 5.23. The van der Waals surface area contributed by atoms with Gasteiger partial charge < -0.3 is 30.4 Å². The second kappa shape index (κ2) is 8.89. The van der Waals surface area contributed by atoms with Crippen molar-refractivity contribution in [3.05, 3.63) is 60.8 Å². The van der Waals surface area contributed by atoms with Crippen LogP contribution in [0, 0.1) is 0 Å². The van der Waals surface area contributed by atoms with Crippen LogP contribution in [0.3, 0.4) is 0 Å². The van der Waals surface area contributed by atoms with E-state index in [1.54, 1.807) is 13.3 Å². The number of para-hydroxylation sites is 1. The second-order valence-electron chi connectivity index (χ2n) is 8.54. The number of nitrogens with zero attached hydrogens (tertiary/aromatic N) is 3. The molecule has 33 heavy (non-hydrogen) atoms. The number of hydrogen-bond acceptors (Lipinski definition) is 7. The molecule has 8 nitrogen and oxygen atoms in total. The maximum Gasteiger partial charge on any atom is 0.231 e. The molecule has 0 bridgehead atoms. The van der Waals surface area contributed by atoms with Crippen molar-refractivity contribution in [1.29, 1.82) is 0 Å². The van der Waals surface area contributed by atoms with Gasteiger partial charge >= 0.3 is 0 Å². The second-order valence-corrected chi connectivity index (χ2v) is 11.7. The number of fused-ring (bicyclic) bond motifs is 1. The van der Waals surface area contributed by atoms with Crippen molar-refractivity contribution in [3.63, 3.8) is 0 Å². The Morgan fingerprint density at radius 2 is 1.70 bits per heavy atom. The van der Waals surface area contributed by atoms with Crippen LogP contribution >= 0.6 is 7.14 Å². The SMILES string of the molecule is CP(C)(=O)c1ccccc1Nc1nc(Nc2ccc(N3CCNCC3)cc2)nc2[nH]ccc12. The minimum Gasteiger partial charge on any atom is -0.369 e. The van der Waals surface area contributed by atoms with Gasteiger partial charge in [-0.3, -0.25) is 0 Å². The molecule has 4 N–H and O–H groups in total. The third-order valence-corrected chi connectivity index (χ3v) is 7.31. The minimum atomic E-state index is -2.46. The highest BCUT2D eigenvalue weighted by Gasteiger charge is 2.18. The maximum absolute atomic E-state index is 12.8. The number of aromatic amines is 1. The first-order chi connectivity index (χ1) is 16.0. The summed E-state index contributed by atoms with van der Waals surface area (Å²) in [5, 5.41) is 11.8. The van der Waals surface area contributed by atoms with E-state index in [0.717, 1.165) is 53.9 Å². The smallest absolute Gasteiger partial charge is 0.231 e. The van der Waals surface area contributed by atoms with Crippen molar-refractivity contribution >= 4 is 52.3 Å². The van der Waals surface area contributed by atoms with Gasteiger partial charge in [0.15, 0.2) is 0 Å². The molecule has 1 saturated heterocycles. The standard InChI is InChI=1S/C24H28N7OP/c1-33(2,32)21-6-4-3-5-20(21)28-23-19-11-12-26-22(19)29-24(30-23)27-17-7-9-18(10-8-17)31-15-13-25-14-16-31/h3-12,25H,13-16H2,1-2H3,(H3,26,27,28,29,30). The van der Waals surface area contributed by atoms with E-state index < -0.39 is 7.14 Å². The summed E-state index contributed by atoms with van der Waals surface area (Å²) in [5.41, 5.74) is 3.64. The molecule has 1 aliphatic rings. The Morgan fingerprint density at radius 3 is 2.45 bits per heavy atom. The van der Waals surface area contributed by atoms with Gasteiger partial charge in [-0.05, 0) is 55.8 Å². The predicted molar refractivity (Wildman–Crippen MR) is 138 cm³/mol. The lowest BCUT2D eigenvalue weighted by Gasteiger charge is -2.29. The van der Waals surface area contributed by atoms with Gasteiger partial charge in [0.25, 0.3) is 0 Å². The molecule has 9 heteroatoms. The molecule has 5 rings (SSSR count). The highest BCUT2D eigenvalue weighted by Crippen LogP contribution is 2.38. The summed E-state index contributed by atoms with van der Waals surface area (Å²) < 4.78 is 12.8. The molecule has 2 aromatic heterocycles. The molecule has 0 radical (unpaired) electrons. The van der Waals surface area contributed by atoms with Crippen LogP contribution in [0.15, 0.2) is 60.8 Å². The van der Waals surface area contributed by atoms with Crippen LogP contribution in [0.1, 0.15) is 0 Å². The minimum absolute atomic E-state index is 0.482. The number of H-pyrrole nitrogens is 1. The van der Waals surface area contributed by atoms with E-state index in [2.05, 4.69) is 43.0 Å². The van der Waals surface area contributed by atoms with E-state index in [0.29, 0.717) is 11.8 Å². The molecule has 4 aromatic rings. The summed E-state index contributed by atoms with van der Waals surface area (Å²) in [6.07, 6.45) is 1.84. The highest BCUT2D eigenvalue weighted by atomic mass is 31.2. The van der Waals surface area contributed by atoms with Crippen LogP contribution in [-0.4, -0.2) is 54.5 Å². The van der Waals surface area contributed by atoms with Gasteiger partial charge in [-0.2, -0.15) is 9.97 Å². The van der Waals surface area contributed by atoms with Gasteiger partial charge in [0, 0.05) is 49.1 Å². The van der Waals surface area contributed by atoms with Gasteiger partial charge in [0.1, 0.15) is 18.6 Å². The van der Waals surface area contributed by atoms with Crippen molar-refractivity contribution in [3.8, 4) is 0 Å². The average Bonchev–Trinajstić information content (AvgIpc) is 3.29. The summed E-state index contributed by atoms with van der Waals surface area (Å²) in [7, 11) is -2.46. The molecule has 1 aliphatic heterocycles. The average molecular weight is 462 g/mol. The number of anilines is 5. The highest BCUT2D eigenvalue weighted by molar-refractivity contribution is 7.70. The van der Waals surface area contributed by atoms with E-state index >= 15 is 0 Å². The molecule has 1 fully saturated rings. The Balaban J connectivity index is 1.42. The monoisotopic (exact) mass is 461 g/mol. The quantitative estimate of drug-likeness (QED) is 0.321. The normalized spacial score (nSPS) is 14.4. The molecule has 0 unspecified atom stereocenters. The predicted octanol–water partition coefficient (Wildman–Crippen LogP) is 4.10. The Morgan fingerprint density at radius 1 is 0.939 bits per heavy atom. The molecule has 0 aliphatic carbocycles. The lowest BCUT2D eigenvalue weighted by atomic mass is 10.2. The zero-order chi connectivity index (χ0) is 22.8. The number of aromatic nitrogens is 3. The van der Waals surface area contributed by atoms with Crippen LogP contribution < -0.4 is 26.2 Å². The van der Waals surface area contributed by atoms with E-state index in [-0.39, 0.29) is 0 Å². The molecule has 2 aromatic carbocycles. The summed E-state index contributed by atoms with van der Waals surface area (Å²) in [6, 6.07) is 17.9. The number of rotatable bonds is 6. The third-order valence-electron chi connectivity index (χ3n) is 5.76. The Hall–Kier alpha value is -3.35. The van der Waals surface area contributed by atoms with E-state index in [4.69, 9.17) is 4.98 Å². The van der Waals surface area contributed by atoms with E-state index in [9.17, 15) is 4.57 Å². The van der Waals surface area contributed by atoms with Crippen LogP contribution in [0.2, 0.25) is 0 Å². The molecule has 0 atom stereocenters. The van der Waals surface area contributed by atoms with Crippen LogP contribution in [-0.2, 0) is 4.57 Å². The Bertz CT molecular complexity index is 1310. The lowest BCUT2D eigenvalue weighted by molar-refractivity contribution is 0.588. The van der Waals surface area contributed by atoms with Crippen molar-refractivity contribution in [2.45, 2.75) is 0 Å². The first-order valence-electron chi connectivity index (χ1n) is 11.1. The fraction of sp³-hybridized carbons (Fsp3) is 0.250. The van der Waals surface area contributed by atoms with Crippen LogP contribution in [0.4, 0.5) is 28.8 Å². The zero-order valence-electron chi connectivity index (χ0n) is 18.8. The largest absolute Gasteiger partial charge is 0.369 e. The van der Waals surface area contributed by atoms with E-state index in [1.807, 2.05) is 48.7 Å². The lowest BCUT2D eigenvalue weighted by Crippen LogP contribution is -2.43. The van der Waals surface area contributed by atoms with E-state index in [1.165, 1.54) is 5.69 Å². The van der Waals surface area contributed by atoms with Crippen LogP contribution in [0.5, 0.6) is 0 Å². The molecule has 0 saturated carbocycles. The van der Waals surface area contributed by atoms with Gasteiger partial charge in [0.2, 0.25) is 5.95 Å². The summed E-state index contributed by atoms with van der Waals surface area (Å²) in [4.78, 5) is 14.9. The fourth-order valence-electron chi connectivity index (χ4n) is 4.08. The number of hydrogen-bond donors (Lipinski definition) is 4. The number of nitrogens with one attached hydrogen (secondary N) is 4. The van der Waals surface area contributed by atoms with Gasteiger partial charge in [-0.1, -0.05) is 12.1 Å². The molecule has 170 valence electrons. The Kier molecular flexibility index (Phi) is 5.79. The summed E-state index contributed by atoms with van der Waals surface area (Å²) in [5.74, 6) is 1.14. The van der Waals surface area contributed by atoms with Crippen molar-refractivity contribution in [1.82, 2.24) is 20.3 Å². The molecular weight excluding hydrogens is 433 g/mol. The van der Waals surface area contributed by atoms with Gasteiger partial charge in [0.05, 0.1) is 11.1 Å².